The first-order chi connectivity index (χ1) is 16.9. The van der Waals surface area contributed by atoms with Crippen molar-refractivity contribution in [3.63, 3.8) is 0 Å². The third-order valence-corrected chi connectivity index (χ3v) is 7.53. The summed E-state index contributed by atoms with van der Waals surface area (Å²) in [6.45, 7) is 3.50. The number of thioether (sulfide) groups is 1. The molecule has 0 saturated heterocycles. The highest BCUT2D eigenvalue weighted by Crippen LogP contribution is 2.45. The van der Waals surface area contributed by atoms with E-state index in [1.165, 1.54) is 16.7 Å². The van der Waals surface area contributed by atoms with Gasteiger partial charge in [0.1, 0.15) is 10.8 Å². The predicted octanol–water partition coefficient (Wildman–Crippen LogP) is 2.93. The molecule has 4 heterocycles. The number of carbonyl (C=O) groups excluding carboxylic acids is 2. The molecule has 9 heteroatoms. The van der Waals surface area contributed by atoms with Crippen molar-refractivity contribution in [2.75, 3.05) is 26.0 Å². The molecule has 0 bridgehead atoms. The Morgan fingerprint density at radius 2 is 2.11 bits per heavy atom. The molecule has 2 N–H and O–H groups in total. The van der Waals surface area contributed by atoms with E-state index in [4.69, 9.17) is 15.5 Å². The number of nitrogens with zero attached hydrogens (tertiary/aromatic N) is 4. The normalized spacial score (nSPS) is 20.0. The molecule has 8 nitrogen and oxygen atoms in total. The summed E-state index contributed by atoms with van der Waals surface area (Å²) in [6, 6.07) is 13.3. The van der Waals surface area contributed by atoms with Gasteiger partial charge in [-0.15, -0.1) is 0 Å². The van der Waals surface area contributed by atoms with Crippen LogP contribution in [0.2, 0.25) is 0 Å². The number of benzene rings is 1. The molecule has 1 unspecified atom stereocenters. The standard InChI is InChI=1S/C26H25N5O3S/c1-3-34-26(33)22-20-14-35-24-17(11-16-13-30(2)10-9-19(16)29-24)25(32)31(20)23(28)18(12-27)21(22)15-7-5-4-6-8-15/h4-8,11,21H,3,9-10,13-14,28H2,1-2H3. The Labute approximate surface area is 208 Å². The molecule has 35 heavy (non-hydrogen) atoms. The van der Waals surface area contributed by atoms with Crippen molar-refractivity contribution < 1.29 is 14.3 Å². The zero-order chi connectivity index (χ0) is 24.7. The largest absolute Gasteiger partial charge is 0.463 e. The van der Waals surface area contributed by atoms with Crippen LogP contribution in [0, 0.1) is 11.3 Å². The van der Waals surface area contributed by atoms with Gasteiger partial charge in [0.25, 0.3) is 5.91 Å². The minimum Gasteiger partial charge on any atom is -0.463 e. The van der Waals surface area contributed by atoms with E-state index in [-0.39, 0.29) is 29.5 Å². The van der Waals surface area contributed by atoms with Crippen LogP contribution in [0.4, 0.5) is 0 Å². The lowest BCUT2D eigenvalue weighted by Crippen LogP contribution is -2.41. The SMILES string of the molecule is CCOC(=O)C1=C2CSc3nc4c(cc3C(=O)N2C(N)=C(C#N)C1c1ccccc1)CN(C)CC4. The lowest BCUT2D eigenvalue weighted by molar-refractivity contribution is -0.138. The number of ether oxygens (including phenoxy) is 1. The van der Waals surface area contributed by atoms with Crippen LogP contribution in [-0.2, 0) is 22.5 Å². The maximum absolute atomic E-state index is 13.9. The number of amides is 1. The fourth-order valence-corrected chi connectivity index (χ4v) is 5.91. The van der Waals surface area contributed by atoms with E-state index in [1.807, 2.05) is 43.4 Å². The Morgan fingerprint density at radius 3 is 2.83 bits per heavy atom. The van der Waals surface area contributed by atoms with Gasteiger partial charge in [0.2, 0.25) is 0 Å². The van der Waals surface area contributed by atoms with Crippen molar-refractivity contribution in [3.8, 4) is 6.07 Å². The summed E-state index contributed by atoms with van der Waals surface area (Å²) in [4.78, 5) is 35.6. The van der Waals surface area contributed by atoms with Crippen LogP contribution in [0.3, 0.4) is 0 Å². The van der Waals surface area contributed by atoms with E-state index in [2.05, 4.69) is 11.0 Å². The minimum atomic E-state index is -0.726. The monoisotopic (exact) mass is 487 g/mol. The summed E-state index contributed by atoms with van der Waals surface area (Å²) in [6.07, 6.45) is 0.811. The number of likely N-dealkylation sites (N-methyl/N-ethyl adjacent to an activating group) is 1. The molecule has 3 aliphatic rings. The summed E-state index contributed by atoms with van der Waals surface area (Å²) in [5.74, 6) is -1.34. The molecular weight excluding hydrogens is 462 g/mol. The number of hydrogen-bond acceptors (Lipinski definition) is 8. The van der Waals surface area contributed by atoms with Gasteiger partial charge in [-0.1, -0.05) is 42.1 Å². The van der Waals surface area contributed by atoms with Gasteiger partial charge in [0.05, 0.1) is 35.3 Å². The van der Waals surface area contributed by atoms with Gasteiger partial charge in [0.15, 0.2) is 0 Å². The molecule has 1 atom stereocenters. The summed E-state index contributed by atoms with van der Waals surface area (Å²) in [5.41, 5.74) is 10.5. The van der Waals surface area contributed by atoms with Crippen molar-refractivity contribution in [2.24, 2.45) is 5.73 Å². The van der Waals surface area contributed by atoms with Gasteiger partial charge in [-0.25, -0.2) is 9.78 Å². The van der Waals surface area contributed by atoms with Crippen LogP contribution in [-0.4, -0.2) is 52.6 Å². The van der Waals surface area contributed by atoms with Crippen LogP contribution in [0.25, 0.3) is 0 Å². The quantitative estimate of drug-likeness (QED) is 0.658. The molecule has 2 aromatic rings. The third-order valence-electron chi connectivity index (χ3n) is 6.53. The van der Waals surface area contributed by atoms with E-state index in [9.17, 15) is 14.9 Å². The molecule has 0 aliphatic carbocycles. The van der Waals surface area contributed by atoms with Crippen LogP contribution >= 0.6 is 11.8 Å². The van der Waals surface area contributed by atoms with Gasteiger partial charge < -0.3 is 15.4 Å². The summed E-state index contributed by atoms with van der Waals surface area (Å²) >= 11 is 1.41. The Morgan fingerprint density at radius 1 is 1.34 bits per heavy atom. The smallest absolute Gasteiger partial charge is 0.336 e. The number of hydrogen-bond donors (Lipinski definition) is 1. The minimum absolute atomic E-state index is 0.0395. The van der Waals surface area contributed by atoms with Gasteiger partial charge in [-0.05, 0) is 31.2 Å². The molecule has 1 aromatic carbocycles. The van der Waals surface area contributed by atoms with E-state index in [0.29, 0.717) is 28.6 Å². The Bertz CT molecular complexity index is 1330. The second-order valence-electron chi connectivity index (χ2n) is 8.70. The number of nitriles is 1. The van der Waals surface area contributed by atoms with Gasteiger partial charge in [0, 0.05) is 36.7 Å². The fraction of sp³-hybridized carbons (Fsp3) is 0.308. The van der Waals surface area contributed by atoms with Gasteiger partial charge in [-0.3, -0.25) is 9.69 Å². The lowest BCUT2D eigenvalue weighted by Gasteiger charge is -2.35. The maximum atomic E-state index is 13.9. The lowest BCUT2D eigenvalue weighted by atomic mass is 9.81. The molecule has 0 radical (unpaired) electrons. The Balaban J connectivity index is 1.71. The van der Waals surface area contributed by atoms with Crippen molar-refractivity contribution in [1.29, 1.82) is 5.26 Å². The molecule has 178 valence electrons. The topological polar surface area (TPSA) is 113 Å². The molecule has 5 rings (SSSR count). The fourth-order valence-electron chi connectivity index (χ4n) is 4.88. The van der Waals surface area contributed by atoms with E-state index >= 15 is 0 Å². The number of aromatic nitrogens is 1. The number of allylic oxidation sites excluding steroid dienone is 1. The Kier molecular flexibility index (Phi) is 6.09. The zero-order valence-corrected chi connectivity index (χ0v) is 20.4. The highest BCUT2D eigenvalue weighted by Gasteiger charge is 2.43. The van der Waals surface area contributed by atoms with Crippen LogP contribution < -0.4 is 5.73 Å². The maximum Gasteiger partial charge on any atom is 0.336 e. The number of carbonyl (C=O) groups is 2. The first-order valence-electron chi connectivity index (χ1n) is 11.5. The average Bonchev–Trinajstić information content (AvgIpc) is 2.99. The van der Waals surface area contributed by atoms with Gasteiger partial charge >= 0.3 is 5.97 Å². The van der Waals surface area contributed by atoms with Crippen molar-refractivity contribution in [1.82, 2.24) is 14.8 Å². The number of fused-ring (bicyclic) bond motifs is 3. The van der Waals surface area contributed by atoms with E-state index in [0.717, 1.165) is 29.8 Å². The van der Waals surface area contributed by atoms with E-state index < -0.39 is 11.9 Å². The van der Waals surface area contributed by atoms with Crippen LogP contribution in [0.15, 0.2) is 64.1 Å². The first kappa shape index (κ1) is 23.1. The summed E-state index contributed by atoms with van der Waals surface area (Å²) in [5, 5.41) is 10.7. The molecule has 1 amide bonds. The zero-order valence-electron chi connectivity index (χ0n) is 19.6. The van der Waals surface area contributed by atoms with Crippen molar-refractivity contribution in [2.45, 2.75) is 30.8 Å². The van der Waals surface area contributed by atoms with Crippen molar-refractivity contribution in [3.05, 3.63) is 81.4 Å². The predicted molar refractivity (Wildman–Crippen MR) is 131 cm³/mol. The molecule has 0 saturated carbocycles. The Hall–Kier alpha value is -3.61. The number of esters is 1. The van der Waals surface area contributed by atoms with Gasteiger partial charge in [-0.2, -0.15) is 5.26 Å². The number of rotatable bonds is 3. The summed E-state index contributed by atoms with van der Waals surface area (Å²) in [7, 11) is 2.03. The second-order valence-corrected chi connectivity index (χ2v) is 9.66. The molecule has 1 aromatic heterocycles. The third kappa shape index (κ3) is 3.89. The molecule has 0 fully saturated rings. The molecule has 0 spiro atoms. The first-order valence-corrected chi connectivity index (χ1v) is 12.5. The molecule has 3 aliphatic heterocycles. The average molecular weight is 488 g/mol. The van der Waals surface area contributed by atoms with E-state index in [1.54, 1.807) is 6.92 Å². The molecular formula is C26H25N5O3S. The highest BCUT2D eigenvalue weighted by molar-refractivity contribution is 7.99. The summed E-state index contributed by atoms with van der Waals surface area (Å²) < 4.78 is 5.42. The highest BCUT2D eigenvalue weighted by atomic mass is 32.2. The van der Waals surface area contributed by atoms with Crippen molar-refractivity contribution >= 4 is 23.6 Å². The van der Waals surface area contributed by atoms with Crippen LogP contribution in [0.5, 0.6) is 0 Å². The number of nitrogens with two attached hydrogens (primary N) is 1. The second kappa shape index (κ2) is 9.21. The number of pyridine rings is 1. The van der Waals surface area contributed by atoms with Crippen LogP contribution in [0.1, 0.15) is 40.0 Å².